The topological polar surface area (TPSA) is 67.9 Å². The number of morpholine rings is 1. The van der Waals surface area contributed by atoms with Crippen molar-refractivity contribution in [3.63, 3.8) is 0 Å². The van der Waals surface area contributed by atoms with Crippen LogP contribution >= 0.6 is 0 Å². The zero-order valence-corrected chi connectivity index (χ0v) is 15.4. The van der Waals surface area contributed by atoms with Gasteiger partial charge in [-0.1, -0.05) is 24.3 Å². The fourth-order valence-electron chi connectivity index (χ4n) is 2.97. The van der Waals surface area contributed by atoms with Crippen molar-refractivity contribution in [3.8, 4) is 5.75 Å². The predicted octanol–water partition coefficient (Wildman–Crippen LogP) is 2.74. The molecule has 1 heterocycles. The fourth-order valence-corrected chi connectivity index (χ4v) is 2.97. The highest BCUT2D eigenvalue weighted by atomic mass is 16.5. The van der Waals surface area contributed by atoms with Gasteiger partial charge in [-0.2, -0.15) is 0 Å². The van der Waals surface area contributed by atoms with Crippen molar-refractivity contribution in [1.82, 2.24) is 4.90 Å². The first-order chi connectivity index (χ1) is 13.2. The van der Waals surface area contributed by atoms with Gasteiger partial charge in [0, 0.05) is 13.1 Å². The number of anilines is 1. The molecule has 6 nitrogen and oxygen atoms in total. The van der Waals surface area contributed by atoms with Crippen molar-refractivity contribution in [2.24, 2.45) is 0 Å². The Labute approximate surface area is 159 Å². The van der Waals surface area contributed by atoms with E-state index < -0.39 is 0 Å². The van der Waals surface area contributed by atoms with E-state index >= 15 is 0 Å². The molecule has 1 aliphatic rings. The number of nitrogens with zero attached hydrogens (tertiary/aromatic N) is 1. The summed E-state index contributed by atoms with van der Waals surface area (Å²) in [6.07, 6.45) is 0.229. The van der Waals surface area contributed by atoms with Gasteiger partial charge in [0.2, 0.25) is 5.91 Å². The molecule has 0 atom stereocenters. The van der Waals surface area contributed by atoms with Crippen LogP contribution in [0.3, 0.4) is 0 Å². The van der Waals surface area contributed by atoms with Crippen LogP contribution in [0.5, 0.6) is 5.75 Å². The molecule has 2 aromatic rings. The Morgan fingerprint density at radius 3 is 2.48 bits per heavy atom. The minimum Gasteiger partial charge on any atom is -0.494 e. The van der Waals surface area contributed by atoms with Gasteiger partial charge in [0.15, 0.2) is 0 Å². The van der Waals surface area contributed by atoms with Gasteiger partial charge in [-0.25, -0.2) is 0 Å². The summed E-state index contributed by atoms with van der Waals surface area (Å²) in [4.78, 5) is 27.0. The third-order valence-electron chi connectivity index (χ3n) is 4.33. The second-order valence-corrected chi connectivity index (χ2v) is 6.25. The fraction of sp³-hybridized carbons (Fsp3) is 0.333. The number of benzene rings is 2. The lowest BCUT2D eigenvalue weighted by atomic mass is 10.1. The molecule has 2 amide bonds. The summed E-state index contributed by atoms with van der Waals surface area (Å²) in [6.45, 7) is 4.74. The number of nitrogens with one attached hydrogen (secondary N) is 1. The Morgan fingerprint density at radius 1 is 1.07 bits per heavy atom. The highest BCUT2D eigenvalue weighted by Gasteiger charge is 2.21. The molecule has 0 saturated carbocycles. The second-order valence-electron chi connectivity index (χ2n) is 6.25. The van der Waals surface area contributed by atoms with Crippen LogP contribution in [-0.4, -0.2) is 49.6 Å². The molecule has 6 heteroatoms. The molecule has 0 aliphatic carbocycles. The van der Waals surface area contributed by atoms with Gasteiger partial charge in [-0.3, -0.25) is 9.59 Å². The average Bonchev–Trinajstić information content (AvgIpc) is 2.70. The molecule has 1 fully saturated rings. The van der Waals surface area contributed by atoms with Crippen molar-refractivity contribution < 1.29 is 19.1 Å². The van der Waals surface area contributed by atoms with E-state index in [2.05, 4.69) is 5.32 Å². The minimum absolute atomic E-state index is 0.0877. The number of carbonyl (C=O) groups excluding carboxylic acids is 2. The number of para-hydroxylation sites is 1. The maximum atomic E-state index is 12.8. The van der Waals surface area contributed by atoms with Crippen molar-refractivity contribution >= 4 is 17.5 Å². The van der Waals surface area contributed by atoms with Crippen molar-refractivity contribution in [3.05, 3.63) is 59.7 Å². The van der Waals surface area contributed by atoms with Crippen LogP contribution in [0.4, 0.5) is 5.69 Å². The number of hydrogen-bond donors (Lipinski definition) is 1. The first kappa shape index (κ1) is 18.9. The van der Waals surface area contributed by atoms with Crippen LogP contribution in [-0.2, 0) is 16.0 Å². The SMILES string of the molecule is CCOc1ccc(CC(=O)Nc2ccccc2C(=O)N2CCOCC2)cc1. The van der Waals surface area contributed by atoms with Crippen LogP contribution in [0.1, 0.15) is 22.8 Å². The molecule has 1 aliphatic heterocycles. The molecule has 2 aromatic carbocycles. The summed E-state index contributed by atoms with van der Waals surface area (Å²) in [5.74, 6) is 0.528. The van der Waals surface area contributed by atoms with E-state index in [9.17, 15) is 9.59 Å². The molecule has 142 valence electrons. The standard InChI is InChI=1S/C21H24N2O4/c1-2-27-17-9-7-16(8-10-17)15-20(24)22-19-6-4-3-5-18(19)21(25)23-11-13-26-14-12-23/h3-10H,2,11-15H2,1H3,(H,22,24). The summed E-state index contributed by atoms with van der Waals surface area (Å²) in [5.41, 5.74) is 1.91. The summed E-state index contributed by atoms with van der Waals surface area (Å²) < 4.78 is 10.7. The lowest BCUT2D eigenvalue weighted by Crippen LogP contribution is -2.41. The van der Waals surface area contributed by atoms with E-state index in [1.54, 1.807) is 23.1 Å². The molecule has 0 bridgehead atoms. The molecular weight excluding hydrogens is 344 g/mol. The van der Waals surface area contributed by atoms with Crippen LogP contribution in [0.25, 0.3) is 0 Å². The van der Waals surface area contributed by atoms with Crippen LogP contribution in [0, 0.1) is 0 Å². The van der Waals surface area contributed by atoms with E-state index in [0.29, 0.717) is 44.2 Å². The number of rotatable bonds is 6. The lowest BCUT2D eigenvalue weighted by molar-refractivity contribution is -0.115. The van der Waals surface area contributed by atoms with E-state index in [1.165, 1.54) is 0 Å². The normalized spacial score (nSPS) is 13.9. The van der Waals surface area contributed by atoms with E-state index in [0.717, 1.165) is 11.3 Å². The monoisotopic (exact) mass is 368 g/mol. The highest BCUT2D eigenvalue weighted by Crippen LogP contribution is 2.19. The largest absolute Gasteiger partial charge is 0.494 e. The Balaban J connectivity index is 1.66. The van der Waals surface area contributed by atoms with Gasteiger partial charge in [0.1, 0.15) is 5.75 Å². The summed E-state index contributed by atoms with van der Waals surface area (Å²) in [6, 6.07) is 14.5. The van der Waals surface area contributed by atoms with Crippen molar-refractivity contribution in [1.29, 1.82) is 0 Å². The molecule has 0 unspecified atom stereocenters. The Bertz CT molecular complexity index is 783. The van der Waals surface area contributed by atoms with E-state index in [-0.39, 0.29) is 18.2 Å². The molecule has 1 N–H and O–H groups in total. The number of hydrogen-bond acceptors (Lipinski definition) is 4. The first-order valence-corrected chi connectivity index (χ1v) is 9.15. The smallest absolute Gasteiger partial charge is 0.256 e. The Kier molecular flexibility index (Phi) is 6.44. The summed E-state index contributed by atoms with van der Waals surface area (Å²) >= 11 is 0. The molecule has 27 heavy (non-hydrogen) atoms. The maximum Gasteiger partial charge on any atom is 0.256 e. The second kappa shape index (κ2) is 9.19. The summed E-state index contributed by atoms with van der Waals surface area (Å²) in [5, 5.41) is 2.87. The van der Waals surface area contributed by atoms with E-state index in [4.69, 9.17) is 9.47 Å². The lowest BCUT2D eigenvalue weighted by Gasteiger charge is -2.27. The predicted molar refractivity (Wildman–Crippen MR) is 103 cm³/mol. The van der Waals surface area contributed by atoms with Crippen molar-refractivity contribution in [2.75, 3.05) is 38.2 Å². The molecule has 0 aromatic heterocycles. The average molecular weight is 368 g/mol. The number of amides is 2. The Morgan fingerprint density at radius 2 is 1.78 bits per heavy atom. The molecule has 3 rings (SSSR count). The zero-order valence-electron chi connectivity index (χ0n) is 15.4. The minimum atomic E-state index is -0.165. The maximum absolute atomic E-state index is 12.8. The molecular formula is C21H24N2O4. The van der Waals surface area contributed by atoms with Crippen molar-refractivity contribution in [2.45, 2.75) is 13.3 Å². The third-order valence-corrected chi connectivity index (χ3v) is 4.33. The quantitative estimate of drug-likeness (QED) is 0.851. The van der Waals surface area contributed by atoms with Crippen LogP contribution < -0.4 is 10.1 Å². The summed E-state index contributed by atoms with van der Waals surface area (Å²) in [7, 11) is 0. The van der Waals surface area contributed by atoms with Gasteiger partial charge < -0.3 is 19.7 Å². The third kappa shape index (κ3) is 5.08. The van der Waals surface area contributed by atoms with E-state index in [1.807, 2.05) is 37.3 Å². The van der Waals surface area contributed by atoms with Gasteiger partial charge in [-0.15, -0.1) is 0 Å². The van der Waals surface area contributed by atoms with Gasteiger partial charge >= 0.3 is 0 Å². The van der Waals surface area contributed by atoms with Gasteiger partial charge in [0.25, 0.3) is 5.91 Å². The van der Waals surface area contributed by atoms with Crippen LogP contribution in [0.15, 0.2) is 48.5 Å². The molecule has 1 saturated heterocycles. The number of carbonyl (C=O) groups is 2. The Hall–Kier alpha value is -2.86. The first-order valence-electron chi connectivity index (χ1n) is 9.15. The molecule has 0 radical (unpaired) electrons. The van der Waals surface area contributed by atoms with Gasteiger partial charge in [-0.05, 0) is 36.8 Å². The molecule has 0 spiro atoms. The number of ether oxygens (including phenoxy) is 2. The zero-order chi connectivity index (χ0) is 19.1. The van der Waals surface area contributed by atoms with Gasteiger partial charge in [0.05, 0.1) is 37.5 Å². The van der Waals surface area contributed by atoms with Crippen LogP contribution in [0.2, 0.25) is 0 Å². The highest BCUT2D eigenvalue weighted by molar-refractivity contribution is 6.04.